The maximum Gasteiger partial charge on any atom is 0.333 e. The molecule has 1 atom stereocenters. The standard InChI is InChI=1S/C16H22O4/c1-10(2)14(17)19-13-9-12-5-7-16(13,8-6-12)20-15(18)11(3)4/h12-13H,1,3,5-9H2,2,4H3. The molecule has 0 aromatic heterocycles. The number of esters is 2. The van der Waals surface area contributed by atoms with Crippen LogP contribution < -0.4 is 0 Å². The zero-order valence-electron chi connectivity index (χ0n) is 12.2. The third-order valence-electron chi connectivity index (χ3n) is 4.33. The van der Waals surface area contributed by atoms with E-state index in [2.05, 4.69) is 13.2 Å². The van der Waals surface area contributed by atoms with Crippen molar-refractivity contribution in [3.05, 3.63) is 24.3 Å². The summed E-state index contributed by atoms with van der Waals surface area (Å²) >= 11 is 0. The van der Waals surface area contributed by atoms with Crippen molar-refractivity contribution < 1.29 is 19.1 Å². The van der Waals surface area contributed by atoms with Crippen LogP contribution in [0.3, 0.4) is 0 Å². The first-order valence-corrected chi connectivity index (χ1v) is 7.09. The lowest BCUT2D eigenvalue weighted by Gasteiger charge is -2.50. The Morgan fingerprint density at radius 2 is 1.60 bits per heavy atom. The number of hydrogen-bond donors (Lipinski definition) is 0. The molecule has 0 N–H and O–H groups in total. The van der Waals surface area contributed by atoms with Crippen LogP contribution >= 0.6 is 0 Å². The van der Waals surface area contributed by atoms with Gasteiger partial charge in [-0.1, -0.05) is 13.2 Å². The van der Waals surface area contributed by atoms with E-state index in [-0.39, 0.29) is 6.10 Å². The molecule has 0 aromatic rings. The molecule has 3 saturated carbocycles. The second kappa shape index (κ2) is 5.43. The molecular formula is C16H22O4. The summed E-state index contributed by atoms with van der Waals surface area (Å²) in [4.78, 5) is 23.6. The Bertz CT molecular complexity index is 455. The lowest BCUT2D eigenvalue weighted by atomic mass is 9.66. The van der Waals surface area contributed by atoms with Gasteiger partial charge in [-0.2, -0.15) is 0 Å². The van der Waals surface area contributed by atoms with Gasteiger partial charge in [0.15, 0.2) is 0 Å². The molecule has 0 aliphatic heterocycles. The molecule has 20 heavy (non-hydrogen) atoms. The maximum atomic E-state index is 11.9. The highest BCUT2D eigenvalue weighted by Crippen LogP contribution is 2.48. The molecule has 3 rings (SSSR count). The van der Waals surface area contributed by atoms with Crippen molar-refractivity contribution in [2.24, 2.45) is 5.92 Å². The van der Waals surface area contributed by atoms with Crippen LogP contribution in [0, 0.1) is 5.92 Å². The topological polar surface area (TPSA) is 52.6 Å². The van der Waals surface area contributed by atoms with E-state index in [1.165, 1.54) is 0 Å². The SMILES string of the molecule is C=C(C)C(=O)OC1CC2CCC1(OC(=O)C(=C)C)CC2. The van der Waals surface area contributed by atoms with Crippen molar-refractivity contribution >= 4 is 11.9 Å². The fourth-order valence-corrected chi connectivity index (χ4v) is 3.07. The summed E-state index contributed by atoms with van der Waals surface area (Å²) in [5.41, 5.74) is 0.0699. The van der Waals surface area contributed by atoms with Gasteiger partial charge >= 0.3 is 11.9 Å². The van der Waals surface area contributed by atoms with Gasteiger partial charge < -0.3 is 9.47 Å². The van der Waals surface area contributed by atoms with E-state index in [1.807, 2.05) is 0 Å². The van der Waals surface area contributed by atoms with Gasteiger partial charge in [-0.25, -0.2) is 9.59 Å². The molecule has 4 heteroatoms. The van der Waals surface area contributed by atoms with Crippen molar-refractivity contribution in [2.45, 2.75) is 57.7 Å². The highest BCUT2D eigenvalue weighted by atomic mass is 16.6. The summed E-state index contributed by atoms with van der Waals surface area (Å²) in [6, 6.07) is 0. The Hall–Kier alpha value is -1.58. The number of ether oxygens (including phenoxy) is 2. The van der Waals surface area contributed by atoms with E-state index >= 15 is 0 Å². The van der Waals surface area contributed by atoms with E-state index < -0.39 is 17.5 Å². The highest BCUT2D eigenvalue weighted by Gasteiger charge is 2.52. The van der Waals surface area contributed by atoms with E-state index in [4.69, 9.17) is 9.47 Å². The normalized spacial score (nSPS) is 31.5. The number of fused-ring (bicyclic) bond motifs is 3. The quantitative estimate of drug-likeness (QED) is 0.586. The van der Waals surface area contributed by atoms with E-state index in [9.17, 15) is 9.59 Å². The molecule has 2 bridgehead atoms. The summed E-state index contributed by atoms with van der Waals surface area (Å²) in [5, 5.41) is 0. The average molecular weight is 278 g/mol. The van der Waals surface area contributed by atoms with E-state index in [0.717, 1.165) is 32.1 Å². The lowest BCUT2D eigenvalue weighted by Crippen LogP contribution is -2.56. The van der Waals surface area contributed by atoms with Crippen molar-refractivity contribution in [3.8, 4) is 0 Å². The van der Waals surface area contributed by atoms with Crippen LogP contribution in [0.25, 0.3) is 0 Å². The zero-order chi connectivity index (χ0) is 14.9. The molecule has 3 aliphatic rings. The number of hydrogen-bond acceptors (Lipinski definition) is 4. The Balaban J connectivity index is 2.16. The van der Waals surface area contributed by atoms with Crippen molar-refractivity contribution in [1.29, 1.82) is 0 Å². The predicted octanol–water partition coefficient (Wildman–Crippen LogP) is 2.93. The second-order valence-corrected chi connectivity index (χ2v) is 6.09. The Morgan fingerprint density at radius 1 is 1.05 bits per heavy atom. The molecule has 0 spiro atoms. The third kappa shape index (κ3) is 2.79. The van der Waals surface area contributed by atoms with Crippen LogP contribution in [-0.2, 0) is 19.1 Å². The van der Waals surface area contributed by atoms with Gasteiger partial charge in [0.05, 0.1) is 0 Å². The minimum atomic E-state index is -0.671. The largest absolute Gasteiger partial charge is 0.455 e. The van der Waals surface area contributed by atoms with Gasteiger partial charge in [0.1, 0.15) is 11.7 Å². The van der Waals surface area contributed by atoms with E-state index in [1.54, 1.807) is 13.8 Å². The van der Waals surface area contributed by atoms with Crippen molar-refractivity contribution in [1.82, 2.24) is 0 Å². The molecule has 3 fully saturated rings. The van der Waals surface area contributed by atoms with Crippen LogP contribution in [0.1, 0.15) is 46.0 Å². The Kier molecular flexibility index (Phi) is 4.02. The van der Waals surface area contributed by atoms with Gasteiger partial charge in [-0.15, -0.1) is 0 Å². The number of rotatable bonds is 4. The van der Waals surface area contributed by atoms with Gasteiger partial charge in [-0.05, 0) is 51.9 Å². The van der Waals surface area contributed by atoms with Gasteiger partial charge in [0.2, 0.25) is 0 Å². The third-order valence-corrected chi connectivity index (χ3v) is 4.33. The van der Waals surface area contributed by atoms with Gasteiger partial charge in [0, 0.05) is 11.1 Å². The minimum absolute atomic E-state index is 0.359. The highest BCUT2D eigenvalue weighted by molar-refractivity contribution is 5.88. The molecule has 110 valence electrons. The monoisotopic (exact) mass is 278 g/mol. The van der Waals surface area contributed by atoms with Crippen LogP contribution in [0.2, 0.25) is 0 Å². The first kappa shape index (κ1) is 14.8. The van der Waals surface area contributed by atoms with Gasteiger partial charge in [-0.3, -0.25) is 0 Å². The van der Waals surface area contributed by atoms with Crippen LogP contribution in [0.4, 0.5) is 0 Å². The van der Waals surface area contributed by atoms with Crippen LogP contribution in [0.5, 0.6) is 0 Å². The molecule has 0 amide bonds. The molecule has 4 nitrogen and oxygen atoms in total. The molecule has 0 saturated heterocycles. The first-order chi connectivity index (χ1) is 9.34. The number of carbonyl (C=O) groups excluding carboxylic acids is 2. The zero-order valence-corrected chi connectivity index (χ0v) is 12.2. The summed E-state index contributed by atoms with van der Waals surface area (Å²) in [6.07, 6.45) is 3.95. The van der Waals surface area contributed by atoms with E-state index in [0.29, 0.717) is 17.1 Å². The van der Waals surface area contributed by atoms with Crippen LogP contribution in [-0.4, -0.2) is 23.6 Å². The Morgan fingerprint density at radius 3 is 2.10 bits per heavy atom. The molecule has 0 aromatic carbocycles. The minimum Gasteiger partial charge on any atom is -0.455 e. The van der Waals surface area contributed by atoms with Crippen molar-refractivity contribution in [2.75, 3.05) is 0 Å². The lowest BCUT2D eigenvalue weighted by molar-refractivity contribution is -0.204. The molecular weight excluding hydrogens is 256 g/mol. The Labute approximate surface area is 119 Å². The number of carbonyl (C=O) groups is 2. The van der Waals surface area contributed by atoms with Crippen LogP contribution in [0.15, 0.2) is 24.3 Å². The fraction of sp³-hybridized carbons (Fsp3) is 0.625. The first-order valence-electron chi connectivity index (χ1n) is 7.09. The molecule has 0 radical (unpaired) electrons. The molecule has 0 heterocycles. The van der Waals surface area contributed by atoms with Crippen molar-refractivity contribution in [3.63, 3.8) is 0 Å². The molecule has 3 aliphatic carbocycles. The summed E-state index contributed by atoms with van der Waals surface area (Å²) in [5.74, 6) is -0.252. The maximum absolute atomic E-state index is 11.9. The summed E-state index contributed by atoms with van der Waals surface area (Å²) in [7, 11) is 0. The molecule has 1 unspecified atom stereocenters. The average Bonchev–Trinajstić information content (AvgIpc) is 2.40. The predicted molar refractivity (Wildman–Crippen MR) is 74.9 cm³/mol. The summed E-state index contributed by atoms with van der Waals surface area (Å²) < 4.78 is 11.2. The summed E-state index contributed by atoms with van der Waals surface area (Å²) in [6.45, 7) is 10.5. The van der Waals surface area contributed by atoms with Gasteiger partial charge in [0.25, 0.3) is 0 Å². The second-order valence-electron chi connectivity index (χ2n) is 6.09. The fourth-order valence-electron chi connectivity index (χ4n) is 3.07. The smallest absolute Gasteiger partial charge is 0.333 e.